The maximum atomic E-state index is 10.3. The number of hydrogen-bond donors (Lipinski definition) is 1. The van der Waals surface area contributed by atoms with Crippen LogP contribution in [0.1, 0.15) is 25.7 Å². The highest BCUT2D eigenvalue weighted by molar-refractivity contribution is 7.15. The van der Waals surface area contributed by atoms with Crippen LogP contribution in [0.2, 0.25) is 4.34 Å². The molecule has 0 saturated heterocycles. The molecule has 17 heavy (non-hydrogen) atoms. The van der Waals surface area contributed by atoms with Crippen molar-refractivity contribution in [1.29, 1.82) is 0 Å². The quantitative estimate of drug-likeness (QED) is 0.931. The highest BCUT2D eigenvalue weighted by atomic mass is 35.5. The van der Waals surface area contributed by atoms with Crippen LogP contribution in [0.15, 0.2) is 16.0 Å². The lowest BCUT2D eigenvalue weighted by Crippen LogP contribution is -2.24. The Balaban J connectivity index is 1.95. The number of hydrogen-bond acceptors (Lipinski definition) is 5. The minimum absolute atomic E-state index is 0.230. The maximum Gasteiger partial charge on any atom is 0.258 e. The van der Waals surface area contributed by atoms with Crippen LogP contribution in [-0.2, 0) is 5.60 Å². The Morgan fingerprint density at radius 2 is 2.35 bits per heavy atom. The number of aliphatic hydroxyl groups is 1. The van der Waals surface area contributed by atoms with Crippen molar-refractivity contribution in [2.75, 3.05) is 0 Å². The van der Waals surface area contributed by atoms with Crippen LogP contribution in [0, 0.1) is 5.92 Å². The number of aromatic nitrogens is 2. The van der Waals surface area contributed by atoms with Gasteiger partial charge in [-0.2, -0.15) is 4.98 Å². The molecule has 4 nitrogen and oxygen atoms in total. The van der Waals surface area contributed by atoms with Gasteiger partial charge in [-0.1, -0.05) is 16.8 Å². The Morgan fingerprint density at radius 3 is 2.94 bits per heavy atom. The summed E-state index contributed by atoms with van der Waals surface area (Å²) in [4.78, 5) is 4.24. The molecule has 1 saturated carbocycles. The van der Waals surface area contributed by atoms with E-state index in [1.807, 2.05) is 11.4 Å². The number of thiophene rings is 1. The van der Waals surface area contributed by atoms with Crippen LogP contribution in [0.4, 0.5) is 0 Å². The third kappa shape index (κ3) is 1.88. The van der Waals surface area contributed by atoms with Gasteiger partial charge in [0.25, 0.3) is 5.89 Å². The summed E-state index contributed by atoms with van der Waals surface area (Å²) >= 11 is 7.42. The van der Waals surface area contributed by atoms with E-state index >= 15 is 0 Å². The van der Waals surface area contributed by atoms with Gasteiger partial charge in [0, 0.05) is 0 Å². The lowest BCUT2D eigenvalue weighted by atomic mass is 10.0. The largest absolute Gasteiger partial charge is 0.380 e. The highest BCUT2D eigenvalue weighted by Crippen LogP contribution is 2.45. The summed E-state index contributed by atoms with van der Waals surface area (Å²) in [6.45, 7) is 1.72. The Morgan fingerprint density at radius 1 is 1.59 bits per heavy atom. The molecule has 3 rings (SSSR count). The van der Waals surface area contributed by atoms with Gasteiger partial charge in [-0.3, -0.25) is 0 Å². The molecule has 0 aromatic carbocycles. The molecule has 0 radical (unpaired) electrons. The number of nitrogens with zero attached hydrogens (tertiary/aromatic N) is 2. The van der Waals surface area contributed by atoms with Gasteiger partial charge < -0.3 is 9.63 Å². The average molecular weight is 271 g/mol. The molecule has 0 spiro atoms. The van der Waals surface area contributed by atoms with Gasteiger partial charge in [-0.05, 0) is 37.1 Å². The topological polar surface area (TPSA) is 59.2 Å². The molecule has 1 aliphatic rings. The normalized spacial score (nSPS) is 19.2. The van der Waals surface area contributed by atoms with Crippen molar-refractivity contribution in [1.82, 2.24) is 10.1 Å². The summed E-state index contributed by atoms with van der Waals surface area (Å²) in [5, 5.41) is 16.0. The number of halogens is 1. The van der Waals surface area contributed by atoms with Crippen molar-refractivity contribution in [2.45, 2.75) is 25.4 Å². The molecule has 0 bridgehead atoms. The Bertz CT molecular complexity index is 545. The van der Waals surface area contributed by atoms with E-state index < -0.39 is 5.60 Å². The fraction of sp³-hybridized carbons (Fsp3) is 0.455. The van der Waals surface area contributed by atoms with Crippen LogP contribution in [0.3, 0.4) is 0 Å². The van der Waals surface area contributed by atoms with Gasteiger partial charge in [0.15, 0.2) is 0 Å². The lowest BCUT2D eigenvalue weighted by molar-refractivity contribution is 0.000916. The van der Waals surface area contributed by atoms with Crippen LogP contribution in [0.25, 0.3) is 11.4 Å². The molecule has 90 valence electrons. The maximum absolute atomic E-state index is 10.3. The van der Waals surface area contributed by atoms with Crippen molar-refractivity contribution in [3.63, 3.8) is 0 Å². The fourth-order valence-corrected chi connectivity index (χ4v) is 2.72. The zero-order valence-electron chi connectivity index (χ0n) is 9.18. The second kappa shape index (κ2) is 3.80. The first-order valence-electron chi connectivity index (χ1n) is 5.39. The average Bonchev–Trinajstić information content (AvgIpc) is 2.89. The van der Waals surface area contributed by atoms with Crippen molar-refractivity contribution < 1.29 is 9.63 Å². The first kappa shape index (κ1) is 11.2. The third-order valence-corrected chi connectivity index (χ3v) is 4.26. The van der Waals surface area contributed by atoms with Crippen molar-refractivity contribution in [3.05, 3.63) is 21.7 Å². The van der Waals surface area contributed by atoms with Crippen LogP contribution in [0.5, 0.6) is 0 Å². The minimum atomic E-state index is -1.02. The Hall–Kier alpha value is -0.910. The summed E-state index contributed by atoms with van der Waals surface area (Å²) in [6, 6.07) is 1.84. The minimum Gasteiger partial charge on any atom is -0.380 e. The predicted octanol–water partition coefficient (Wildman–Crippen LogP) is 3.07. The van der Waals surface area contributed by atoms with Gasteiger partial charge >= 0.3 is 0 Å². The molecule has 1 N–H and O–H groups in total. The molecule has 2 aromatic heterocycles. The molecule has 1 unspecified atom stereocenters. The second-order valence-electron chi connectivity index (χ2n) is 4.45. The molecule has 0 amide bonds. The molecule has 1 atom stereocenters. The monoisotopic (exact) mass is 270 g/mol. The highest BCUT2D eigenvalue weighted by Gasteiger charge is 2.45. The Labute approximate surface area is 107 Å². The summed E-state index contributed by atoms with van der Waals surface area (Å²) < 4.78 is 5.77. The zero-order chi connectivity index (χ0) is 12.0. The van der Waals surface area contributed by atoms with E-state index in [1.54, 1.807) is 6.92 Å². The van der Waals surface area contributed by atoms with Gasteiger partial charge in [0.1, 0.15) is 9.94 Å². The first-order chi connectivity index (χ1) is 8.09. The van der Waals surface area contributed by atoms with Gasteiger partial charge in [0.05, 0.1) is 5.56 Å². The third-order valence-electron chi connectivity index (χ3n) is 3.09. The van der Waals surface area contributed by atoms with E-state index in [-0.39, 0.29) is 11.8 Å². The summed E-state index contributed by atoms with van der Waals surface area (Å²) in [5.74, 6) is 0.943. The standard InChI is InChI=1S/C11H11ClN2O2S/c1-11(15,6-2-3-6)10-13-9(14-16-10)7-4-5-17-8(7)12/h4-6,15H,2-3H2,1H3. The molecular weight excluding hydrogens is 260 g/mol. The van der Waals surface area contributed by atoms with E-state index in [9.17, 15) is 5.11 Å². The van der Waals surface area contributed by atoms with Gasteiger partial charge in [-0.25, -0.2) is 0 Å². The lowest BCUT2D eigenvalue weighted by Gasteiger charge is -2.16. The van der Waals surface area contributed by atoms with E-state index in [1.165, 1.54) is 11.3 Å². The SMILES string of the molecule is CC(O)(c1nc(-c2ccsc2Cl)no1)C1CC1. The summed E-state index contributed by atoms with van der Waals surface area (Å²) in [7, 11) is 0. The zero-order valence-corrected chi connectivity index (χ0v) is 10.8. The van der Waals surface area contributed by atoms with Crippen molar-refractivity contribution >= 4 is 22.9 Å². The van der Waals surface area contributed by atoms with Gasteiger partial charge in [0.2, 0.25) is 5.82 Å². The second-order valence-corrected chi connectivity index (χ2v) is 5.97. The Kier molecular flexibility index (Phi) is 2.50. The first-order valence-corrected chi connectivity index (χ1v) is 6.64. The van der Waals surface area contributed by atoms with E-state index in [4.69, 9.17) is 16.1 Å². The molecule has 1 fully saturated rings. The molecule has 2 heterocycles. The molecule has 6 heteroatoms. The smallest absolute Gasteiger partial charge is 0.258 e. The van der Waals surface area contributed by atoms with Gasteiger partial charge in [-0.15, -0.1) is 11.3 Å². The van der Waals surface area contributed by atoms with E-state index in [0.29, 0.717) is 10.2 Å². The fourth-order valence-electron chi connectivity index (χ4n) is 1.81. The van der Waals surface area contributed by atoms with E-state index in [0.717, 1.165) is 18.4 Å². The molecule has 0 aliphatic heterocycles. The van der Waals surface area contributed by atoms with Crippen LogP contribution >= 0.6 is 22.9 Å². The predicted molar refractivity (Wildman–Crippen MR) is 64.9 cm³/mol. The van der Waals surface area contributed by atoms with E-state index in [2.05, 4.69) is 10.1 Å². The summed E-state index contributed by atoms with van der Waals surface area (Å²) in [6.07, 6.45) is 2.01. The van der Waals surface area contributed by atoms with Crippen molar-refractivity contribution in [3.8, 4) is 11.4 Å². The molecular formula is C11H11ClN2O2S. The van der Waals surface area contributed by atoms with Crippen molar-refractivity contribution in [2.24, 2.45) is 5.92 Å². The number of rotatable bonds is 3. The van der Waals surface area contributed by atoms with Crippen LogP contribution < -0.4 is 0 Å². The molecule has 1 aliphatic carbocycles. The van der Waals surface area contributed by atoms with Crippen LogP contribution in [-0.4, -0.2) is 15.2 Å². The summed E-state index contributed by atoms with van der Waals surface area (Å²) in [5.41, 5.74) is -0.272. The molecule has 2 aromatic rings.